The first-order valence-electron chi connectivity index (χ1n) is 6.78. The Balaban J connectivity index is 2.77. The van der Waals surface area contributed by atoms with Crippen LogP contribution in [-0.2, 0) is 9.59 Å². The number of likely N-dealkylation sites (tertiary alicyclic amines) is 1. The van der Waals surface area contributed by atoms with E-state index in [0.717, 1.165) is 18.6 Å². The average Bonchev–Trinajstić information content (AvgIpc) is 2.49. The van der Waals surface area contributed by atoms with Crippen molar-refractivity contribution in [2.45, 2.75) is 64.7 Å². The Kier molecular flexibility index (Phi) is 5.26. The number of carbonyl (C=O) groups excluding carboxylic acids is 2. The van der Waals surface area contributed by atoms with Crippen LogP contribution in [0.15, 0.2) is 0 Å². The van der Waals surface area contributed by atoms with Crippen molar-refractivity contribution in [2.24, 2.45) is 5.92 Å². The Hall–Kier alpha value is -0.510. The van der Waals surface area contributed by atoms with Crippen LogP contribution in [0, 0.1) is 5.92 Å². The van der Waals surface area contributed by atoms with Gasteiger partial charge < -0.3 is 0 Å². The van der Waals surface area contributed by atoms with Crippen LogP contribution in [0.5, 0.6) is 0 Å². The minimum Gasteiger partial charge on any atom is -0.276 e. The molecular formula is C14H25NO2S. The van der Waals surface area contributed by atoms with Gasteiger partial charge in [-0.15, -0.1) is 11.8 Å². The van der Waals surface area contributed by atoms with Crippen molar-refractivity contribution in [3.05, 3.63) is 0 Å². The predicted octanol–water partition coefficient (Wildman–Crippen LogP) is 3.08. The van der Waals surface area contributed by atoms with E-state index >= 15 is 0 Å². The highest BCUT2D eigenvalue weighted by Crippen LogP contribution is 2.33. The standard InChI is InChI=1S/C14H25NO2S/c1-6-7-18-11-8-12(16)15(13(11)17)14(4,5)9-10(2)3/h10-11H,6-9H2,1-5H3. The zero-order valence-electron chi connectivity index (χ0n) is 12.2. The summed E-state index contributed by atoms with van der Waals surface area (Å²) < 4.78 is 0. The average molecular weight is 271 g/mol. The summed E-state index contributed by atoms with van der Waals surface area (Å²) in [4.78, 5) is 25.9. The van der Waals surface area contributed by atoms with E-state index in [1.165, 1.54) is 4.90 Å². The molecular weight excluding hydrogens is 246 g/mol. The molecule has 1 saturated heterocycles. The maximum atomic E-state index is 12.3. The van der Waals surface area contributed by atoms with E-state index in [-0.39, 0.29) is 22.6 Å². The molecule has 3 nitrogen and oxygen atoms in total. The monoisotopic (exact) mass is 271 g/mol. The van der Waals surface area contributed by atoms with Crippen LogP contribution in [0.1, 0.15) is 53.9 Å². The highest BCUT2D eigenvalue weighted by Gasteiger charge is 2.45. The SMILES string of the molecule is CCCSC1CC(=O)N(C(C)(C)CC(C)C)C1=O. The summed E-state index contributed by atoms with van der Waals surface area (Å²) in [6, 6.07) is 0. The minimum atomic E-state index is -0.357. The molecule has 1 aliphatic rings. The fourth-order valence-electron chi connectivity index (χ4n) is 2.72. The first-order valence-corrected chi connectivity index (χ1v) is 7.83. The fraction of sp³-hybridized carbons (Fsp3) is 0.857. The van der Waals surface area contributed by atoms with Gasteiger partial charge in [-0.05, 0) is 38.4 Å². The van der Waals surface area contributed by atoms with Crippen LogP contribution in [-0.4, -0.2) is 33.3 Å². The van der Waals surface area contributed by atoms with Crippen molar-refractivity contribution in [1.82, 2.24) is 4.90 Å². The molecule has 0 N–H and O–H groups in total. The van der Waals surface area contributed by atoms with Gasteiger partial charge in [-0.3, -0.25) is 14.5 Å². The number of rotatable bonds is 6. The van der Waals surface area contributed by atoms with Gasteiger partial charge in [0.05, 0.1) is 5.25 Å². The Morgan fingerprint density at radius 3 is 2.50 bits per heavy atom. The van der Waals surface area contributed by atoms with Crippen LogP contribution in [0.2, 0.25) is 0 Å². The van der Waals surface area contributed by atoms with E-state index in [9.17, 15) is 9.59 Å². The third-order valence-corrected chi connectivity index (χ3v) is 4.56. The second-order valence-electron chi connectivity index (χ2n) is 6.04. The number of amides is 2. The Labute approximate surface area is 115 Å². The van der Waals surface area contributed by atoms with E-state index in [1.807, 2.05) is 13.8 Å². The summed E-state index contributed by atoms with van der Waals surface area (Å²) in [6.07, 6.45) is 2.28. The molecule has 1 fully saturated rings. The number of hydrogen-bond donors (Lipinski definition) is 0. The van der Waals surface area contributed by atoms with E-state index in [0.29, 0.717) is 12.3 Å². The molecule has 1 rings (SSSR count). The van der Waals surface area contributed by atoms with Gasteiger partial charge in [0.1, 0.15) is 0 Å². The van der Waals surface area contributed by atoms with Gasteiger partial charge in [-0.25, -0.2) is 0 Å². The number of hydrogen-bond acceptors (Lipinski definition) is 3. The molecule has 0 bridgehead atoms. The maximum Gasteiger partial charge on any atom is 0.243 e. The zero-order valence-corrected chi connectivity index (χ0v) is 13.0. The quantitative estimate of drug-likeness (QED) is 0.697. The van der Waals surface area contributed by atoms with Crippen LogP contribution < -0.4 is 0 Å². The van der Waals surface area contributed by atoms with E-state index in [1.54, 1.807) is 11.8 Å². The predicted molar refractivity (Wildman–Crippen MR) is 76.5 cm³/mol. The number of thioether (sulfide) groups is 1. The number of carbonyl (C=O) groups is 2. The molecule has 0 aromatic heterocycles. The van der Waals surface area contributed by atoms with Gasteiger partial charge in [-0.2, -0.15) is 0 Å². The fourth-order valence-corrected chi connectivity index (χ4v) is 3.75. The molecule has 0 aliphatic carbocycles. The smallest absolute Gasteiger partial charge is 0.243 e. The molecule has 4 heteroatoms. The molecule has 1 unspecified atom stereocenters. The van der Waals surface area contributed by atoms with Crippen molar-refractivity contribution in [2.75, 3.05) is 5.75 Å². The number of nitrogens with zero attached hydrogens (tertiary/aromatic N) is 1. The topological polar surface area (TPSA) is 37.4 Å². The van der Waals surface area contributed by atoms with E-state index < -0.39 is 0 Å². The van der Waals surface area contributed by atoms with Crippen molar-refractivity contribution in [1.29, 1.82) is 0 Å². The van der Waals surface area contributed by atoms with Crippen molar-refractivity contribution < 1.29 is 9.59 Å². The van der Waals surface area contributed by atoms with Crippen molar-refractivity contribution in [3.63, 3.8) is 0 Å². The molecule has 0 radical (unpaired) electrons. The molecule has 0 saturated carbocycles. The molecule has 104 valence electrons. The summed E-state index contributed by atoms with van der Waals surface area (Å²) >= 11 is 1.62. The summed E-state index contributed by atoms with van der Waals surface area (Å²) in [5.41, 5.74) is -0.357. The van der Waals surface area contributed by atoms with Gasteiger partial charge in [-0.1, -0.05) is 20.8 Å². The summed E-state index contributed by atoms with van der Waals surface area (Å²) in [7, 11) is 0. The first-order chi connectivity index (χ1) is 8.29. The number of imide groups is 1. The minimum absolute atomic E-state index is 0.000692. The second-order valence-corrected chi connectivity index (χ2v) is 7.35. The normalized spacial score (nSPS) is 21.2. The molecule has 0 aromatic carbocycles. The highest BCUT2D eigenvalue weighted by atomic mass is 32.2. The van der Waals surface area contributed by atoms with Gasteiger partial charge in [0.25, 0.3) is 0 Å². The molecule has 0 spiro atoms. The molecule has 0 aromatic rings. The third kappa shape index (κ3) is 3.50. The lowest BCUT2D eigenvalue weighted by Gasteiger charge is -2.35. The molecule has 1 aliphatic heterocycles. The largest absolute Gasteiger partial charge is 0.276 e. The summed E-state index contributed by atoms with van der Waals surface area (Å²) in [6.45, 7) is 10.3. The summed E-state index contributed by atoms with van der Waals surface area (Å²) in [5.74, 6) is 1.44. The molecule has 1 heterocycles. The Morgan fingerprint density at radius 2 is 2.00 bits per heavy atom. The van der Waals surface area contributed by atoms with E-state index in [4.69, 9.17) is 0 Å². The van der Waals surface area contributed by atoms with Crippen molar-refractivity contribution in [3.8, 4) is 0 Å². The van der Waals surface area contributed by atoms with Crippen LogP contribution in [0.3, 0.4) is 0 Å². The van der Waals surface area contributed by atoms with Crippen LogP contribution >= 0.6 is 11.8 Å². The maximum absolute atomic E-state index is 12.3. The lowest BCUT2D eigenvalue weighted by atomic mass is 9.91. The Morgan fingerprint density at radius 1 is 1.39 bits per heavy atom. The zero-order chi connectivity index (χ0) is 13.9. The lowest BCUT2D eigenvalue weighted by Crippen LogP contribution is -2.48. The molecule has 18 heavy (non-hydrogen) atoms. The van der Waals surface area contributed by atoms with Crippen LogP contribution in [0.4, 0.5) is 0 Å². The lowest BCUT2D eigenvalue weighted by molar-refractivity contribution is -0.144. The molecule has 1 atom stereocenters. The Bertz CT molecular complexity index is 326. The molecule has 2 amide bonds. The van der Waals surface area contributed by atoms with E-state index in [2.05, 4.69) is 20.8 Å². The first kappa shape index (κ1) is 15.5. The van der Waals surface area contributed by atoms with Gasteiger partial charge >= 0.3 is 0 Å². The van der Waals surface area contributed by atoms with Gasteiger partial charge in [0.2, 0.25) is 11.8 Å². The van der Waals surface area contributed by atoms with Gasteiger partial charge in [0.15, 0.2) is 0 Å². The van der Waals surface area contributed by atoms with Crippen molar-refractivity contribution >= 4 is 23.6 Å². The summed E-state index contributed by atoms with van der Waals surface area (Å²) in [5, 5.41) is -0.149. The highest BCUT2D eigenvalue weighted by molar-refractivity contribution is 8.00. The van der Waals surface area contributed by atoms with Crippen LogP contribution in [0.25, 0.3) is 0 Å². The van der Waals surface area contributed by atoms with Gasteiger partial charge in [0, 0.05) is 12.0 Å². The second kappa shape index (κ2) is 6.09. The third-order valence-electron chi connectivity index (χ3n) is 3.14.